The molecule has 8 heteroatoms. The van der Waals surface area contributed by atoms with Gasteiger partial charge in [-0.1, -0.05) is 32.0 Å². The van der Waals surface area contributed by atoms with Gasteiger partial charge in [-0.15, -0.1) is 0 Å². The van der Waals surface area contributed by atoms with Crippen molar-refractivity contribution in [1.82, 2.24) is 4.31 Å². The number of ether oxygens (including phenoxy) is 1. The van der Waals surface area contributed by atoms with E-state index in [4.69, 9.17) is 4.74 Å². The Kier molecular flexibility index (Phi) is 8.14. The van der Waals surface area contributed by atoms with Gasteiger partial charge < -0.3 is 9.64 Å². The van der Waals surface area contributed by atoms with Gasteiger partial charge >= 0.3 is 5.97 Å². The number of para-hydroxylation sites is 1. The first-order valence-corrected chi connectivity index (χ1v) is 11.3. The van der Waals surface area contributed by atoms with Gasteiger partial charge in [0.05, 0.1) is 10.5 Å². The average Bonchev–Trinajstić information content (AvgIpc) is 2.73. The molecule has 0 aliphatic rings. The van der Waals surface area contributed by atoms with E-state index in [0.717, 1.165) is 5.69 Å². The maximum absolute atomic E-state index is 12.6. The van der Waals surface area contributed by atoms with Gasteiger partial charge in [-0.3, -0.25) is 4.79 Å². The molecule has 0 unspecified atom stereocenters. The lowest BCUT2D eigenvalue weighted by Gasteiger charge is -2.26. The highest BCUT2D eigenvalue weighted by Gasteiger charge is 2.23. The van der Waals surface area contributed by atoms with Crippen LogP contribution in [-0.2, 0) is 19.6 Å². The first-order chi connectivity index (χ1) is 14.2. The summed E-state index contributed by atoms with van der Waals surface area (Å²) in [6, 6.07) is 14.6. The summed E-state index contributed by atoms with van der Waals surface area (Å²) in [5.41, 5.74) is 0.900. The molecule has 30 heavy (non-hydrogen) atoms. The van der Waals surface area contributed by atoms with Crippen LogP contribution in [0.4, 0.5) is 5.69 Å². The summed E-state index contributed by atoms with van der Waals surface area (Å²) in [5, 5.41) is 0. The zero-order valence-corrected chi connectivity index (χ0v) is 18.6. The van der Waals surface area contributed by atoms with Crippen molar-refractivity contribution in [1.29, 1.82) is 0 Å². The van der Waals surface area contributed by atoms with Gasteiger partial charge in [0, 0.05) is 24.8 Å². The van der Waals surface area contributed by atoms with Gasteiger partial charge in [0.1, 0.15) is 0 Å². The van der Waals surface area contributed by atoms with Gasteiger partial charge in [-0.2, -0.15) is 4.31 Å². The van der Waals surface area contributed by atoms with Crippen LogP contribution in [0.2, 0.25) is 0 Å². The van der Waals surface area contributed by atoms with Gasteiger partial charge in [-0.25, -0.2) is 13.2 Å². The molecule has 0 fully saturated rings. The van der Waals surface area contributed by atoms with Crippen LogP contribution in [0.5, 0.6) is 0 Å². The lowest BCUT2D eigenvalue weighted by atomic mass is 10.2. The Balaban J connectivity index is 2.07. The number of nitrogens with zero attached hydrogens (tertiary/aromatic N) is 2. The summed E-state index contributed by atoms with van der Waals surface area (Å²) in [6.45, 7) is 7.59. The number of carbonyl (C=O) groups excluding carboxylic acids is 2. The molecular weight excluding hydrogens is 404 g/mol. The standard InChI is InChI=1S/C22H28N2O5S/c1-5-23(6-2)30(27,28)20-14-12-18(13-15-20)22(26)29-16-21(25)24(17(3)4)19-10-8-7-9-11-19/h7-15,17H,5-6,16H2,1-4H3. The third kappa shape index (κ3) is 5.46. The van der Waals surface area contributed by atoms with Crippen LogP contribution < -0.4 is 4.90 Å². The third-order valence-electron chi connectivity index (χ3n) is 4.58. The molecule has 0 saturated heterocycles. The zero-order chi connectivity index (χ0) is 22.3. The van der Waals surface area contributed by atoms with E-state index >= 15 is 0 Å². The normalized spacial score (nSPS) is 11.5. The van der Waals surface area contributed by atoms with Crippen molar-refractivity contribution in [2.45, 2.75) is 38.6 Å². The van der Waals surface area contributed by atoms with Crippen LogP contribution >= 0.6 is 0 Å². The summed E-state index contributed by atoms with van der Waals surface area (Å²) < 4.78 is 31.6. The number of anilines is 1. The van der Waals surface area contributed by atoms with Crippen LogP contribution in [0, 0.1) is 0 Å². The van der Waals surface area contributed by atoms with E-state index in [9.17, 15) is 18.0 Å². The minimum absolute atomic E-state index is 0.105. The summed E-state index contributed by atoms with van der Waals surface area (Å²) in [6.07, 6.45) is 0. The summed E-state index contributed by atoms with van der Waals surface area (Å²) in [7, 11) is -3.60. The highest BCUT2D eigenvalue weighted by molar-refractivity contribution is 7.89. The van der Waals surface area contributed by atoms with Gasteiger partial charge in [0.15, 0.2) is 6.61 Å². The number of carbonyl (C=O) groups is 2. The van der Waals surface area contributed by atoms with Crippen molar-refractivity contribution in [2.75, 3.05) is 24.6 Å². The fraction of sp³-hybridized carbons (Fsp3) is 0.364. The molecule has 2 aromatic rings. The van der Waals surface area contributed by atoms with E-state index < -0.39 is 22.6 Å². The number of benzene rings is 2. The maximum atomic E-state index is 12.6. The lowest BCUT2D eigenvalue weighted by Crippen LogP contribution is -2.39. The Morgan fingerprint density at radius 2 is 1.50 bits per heavy atom. The Morgan fingerprint density at radius 1 is 0.933 bits per heavy atom. The molecule has 0 aromatic heterocycles. The van der Waals surface area contributed by atoms with Crippen molar-refractivity contribution < 1.29 is 22.7 Å². The molecule has 0 bridgehead atoms. The SMILES string of the molecule is CCN(CC)S(=O)(=O)c1ccc(C(=O)OCC(=O)N(c2ccccc2)C(C)C)cc1. The zero-order valence-electron chi connectivity index (χ0n) is 17.7. The van der Waals surface area contributed by atoms with E-state index in [1.807, 2.05) is 44.2 Å². The molecule has 0 N–H and O–H groups in total. The second kappa shape index (κ2) is 10.4. The monoisotopic (exact) mass is 432 g/mol. The van der Waals surface area contributed by atoms with E-state index in [1.54, 1.807) is 18.7 Å². The smallest absolute Gasteiger partial charge is 0.338 e. The third-order valence-corrected chi connectivity index (χ3v) is 6.64. The van der Waals surface area contributed by atoms with E-state index in [2.05, 4.69) is 0 Å². The maximum Gasteiger partial charge on any atom is 0.338 e. The van der Waals surface area contributed by atoms with E-state index in [-0.39, 0.29) is 22.4 Å². The van der Waals surface area contributed by atoms with Crippen molar-refractivity contribution in [3.8, 4) is 0 Å². The summed E-state index contributed by atoms with van der Waals surface area (Å²) in [5.74, 6) is -1.03. The molecule has 2 rings (SSSR count). The minimum atomic E-state index is -3.60. The fourth-order valence-electron chi connectivity index (χ4n) is 3.07. The van der Waals surface area contributed by atoms with Crippen LogP contribution in [0.1, 0.15) is 38.1 Å². The summed E-state index contributed by atoms with van der Waals surface area (Å²) >= 11 is 0. The average molecular weight is 433 g/mol. The molecule has 0 heterocycles. The van der Waals surface area contributed by atoms with Gasteiger partial charge in [0.2, 0.25) is 10.0 Å². The number of hydrogen-bond donors (Lipinski definition) is 0. The number of amides is 1. The molecule has 2 aromatic carbocycles. The van der Waals surface area contributed by atoms with E-state index in [0.29, 0.717) is 13.1 Å². The summed E-state index contributed by atoms with van der Waals surface area (Å²) in [4.78, 5) is 26.6. The molecule has 0 aliphatic carbocycles. The minimum Gasteiger partial charge on any atom is -0.452 e. The number of hydrogen-bond acceptors (Lipinski definition) is 5. The molecule has 0 radical (unpaired) electrons. The Bertz CT molecular complexity index is 953. The lowest BCUT2D eigenvalue weighted by molar-refractivity contribution is -0.122. The number of esters is 1. The Hall–Kier alpha value is -2.71. The van der Waals surface area contributed by atoms with Crippen LogP contribution in [0.25, 0.3) is 0 Å². The van der Waals surface area contributed by atoms with Crippen molar-refractivity contribution in [3.63, 3.8) is 0 Å². The second-order valence-electron chi connectivity index (χ2n) is 6.88. The molecular formula is C22H28N2O5S. The van der Waals surface area contributed by atoms with Gasteiger partial charge in [0.25, 0.3) is 5.91 Å². The number of sulfonamides is 1. The quantitative estimate of drug-likeness (QED) is 0.568. The molecule has 0 saturated carbocycles. The highest BCUT2D eigenvalue weighted by Crippen LogP contribution is 2.18. The number of rotatable bonds is 9. The first-order valence-electron chi connectivity index (χ1n) is 9.86. The molecule has 0 spiro atoms. The van der Waals surface area contributed by atoms with Crippen LogP contribution in [-0.4, -0.2) is 50.3 Å². The van der Waals surface area contributed by atoms with E-state index in [1.165, 1.54) is 28.6 Å². The largest absolute Gasteiger partial charge is 0.452 e. The van der Waals surface area contributed by atoms with Crippen molar-refractivity contribution in [3.05, 3.63) is 60.2 Å². The molecule has 7 nitrogen and oxygen atoms in total. The Labute approximate surface area is 178 Å². The van der Waals surface area contributed by atoms with Crippen molar-refractivity contribution >= 4 is 27.6 Å². The van der Waals surface area contributed by atoms with Crippen LogP contribution in [0.15, 0.2) is 59.5 Å². The topological polar surface area (TPSA) is 84.0 Å². The predicted molar refractivity (Wildman–Crippen MR) is 116 cm³/mol. The first kappa shape index (κ1) is 23.6. The second-order valence-corrected chi connectivity index (χ2v) is 8.82. The molecule has 162 valence electrons. The molecule has 0 aliphatic heterocycles. The van der Waals surface area contributed by atoms with Crippen LogP contribution in [0.3, 0.4) is 0 Å². The highest BCUT2D eigenvalue weighted by atomic mass is 32.2. The predicted octanol–water partition coefficient (Wildman–Crippen LogP) is 3.32. The van der Waals surface area contributed by atoms with Gasteiger partial charge in [-0.05, 0) is 50.2 Å². The fourth-order valence-corrected chi connectivity index (χ4v) is 4.53. The Morgan fingerprint density at radius 3 is 2.00 bits per heavy atom. The van der Waals surface area contributed by atoms with Crippen molar-refractivity contribution in [2.24, 2.45) is 0 Å². The molecule has 0 atom stereocenters. The molecule has 1 amide bonds.